The van der Waals surface area contributed by atoms with E-state index in [1.54, 1.807) is 0 Å². The number of amides is 2. The first-order chi connectivity index (χ1) is 13.3. The number of anilines is 1. The third-order valence-corrected chi connectivity index (χ3v) is 6.56. The molecule has 154 valence electrons. The van der Waals surface area contributed by atoms with Crippen LogP contribution in [0.1, 0.15) is 69.3 Å². The molecule has 0 aromatic heterocycles. The Bertz CT molecular complexity index is 743. The second-order valence-electron chi connectivity index (χ2n) is 8.69. The van der Waals surface area contributed by atoms with Crippen molar-refractivity contribution in [3.05, 3.63) is 29.3 Å². The molecule has 2 amide bonds. The fourth-order valence-electron chi connectivity index (χ4n) is 4.50. The van der Waals surface area contributed by atoms with E-state index in [1.165, 1.54) is 0 Å². The minimum atomic E-state index is -0.0424. The van der Waals surface area contributed by atoms with E-state index in [4.69, 9.17) is 4.74 Å². The van der Waals surface area contributed by atoms with Gasteiger partial charge in [0.25, 0.3) is 5.91 Å². The molecule has 1 aromatic carbocycles. The Morgan fingerprint density at radius 2 is 2.04 bits per heavy atom. The van der Waals surface area contributed by atoms with Gasteiger partial charge in [0.05, 0.1) is 6.10 Å². The molecule has 0 bridgehead atoms. The summed E-state index contributed by atoms with van der Waals surface area (Å²) in [5.41, 5.74) is 2.71. The van der Waals surface area contributed by atoms with Crippen molar-refractivity contribution in [1.29, 1.82) is 0 Å². The molecular formula is C23H34N2O3. The molecule has 0 unspecified atom stereocenters. The number of nitrogens with zero attached hydrogens (tertiary/aromatic N) is 2. The average Bonchev–Trinajstić information content (AvgIpc) is 3.11. The molecule has 1 heterocycles. The van der Waals surface area contributed by atoms with Crippen LogP contribution in [0.25, 0.3) is 0 Å². The number of carbonyl (C=O) groups excluding carboxylic acids is 2. The molecule has 1 aromatic rings. The van der Waals surface area contributed by atoms with Crippen molar-refractivity contribution >= 4 is 17.5 Å². The second kappa shape index (κ2) is 8.24. The van der Waals surface area contributed by atoms with Gasteiger partial charge >= 0.3 is 0 Å². The van der Waals surface area contributed by atoms with Gasteiger partial charge in [-0.2, -0.15) is 0 Å². The number of fused-ring (bicyclic) bond motifs is 1. The molecule has 0 spiro atoms. The van der Waals surface area contributed by atoms with E-state index >= 15 is 0 Å². The number of rotatable bonds is 7. The highest BCUT2D eigenvalue weighted by molar-refractivity contribution is 5.98. The van der Waals surface area contributed by atoms with Gasteiger partial charge < -0.3 is 14.5 Å². The van der Waals surface area contributed by atoms with Crippen molar-refractivity contribution in [2.45, 2.75) is 71.9 Å². The lowest BCUT2D eigenvalue weighted by Gasteiger charge is -2.55. The first-order valence-corrected chi connectivity index (χ1v) is 10.6. The van der Waals surface area contributed by atoms with E-state index in [1.807, 2.05) is 42.0 Å². The van der Waals surface area contributed by atoms with Crippen molar-refractivity contribution in [2.24, 2.45) is 5.41 Å². The molecule has 1 aliphatic carbocycles. The average molecular weight is 387 g/mol. The lowest BCUT2D eigenvalue weighted by atomic mass is 9.63. The highest BCUT2D eigenvalue weighted by atomic mass is 16.5. The van der Waals surface area contributed by atoms with Gasteiger partial charge in [-0.25, -0.2) is 0 Å². The number of hydrogen-bond acceptors (Lipinski definition) is 3. The molecular weight excluding hydrogens is 352 g/mol. The summed E-state index contributed by atoms with van der Waals surface area (Å²) < 4.78 is 6.03. The van der Waals surface area contributed by atoms with Gasteiger partial charge in [0.1, 0.15) is 0 Å². The number of carbonyl (C=O) groups is 2. The Hall–Kier alpha value is -1.88. The van der Waals surface area contributed by atoms with Gasteiger partial charge in [0, 0.05) is 49.3 Å². The predicted molar refractivity (Wildman–Crippen MR) is 112 cm³/mol. The predicted octanol–water partition coefficient (Wildman–Crippen LogP) is 4.04. The minimum absolute atomic E-state index is 0.0424. The Kier molecular flexibility index (Phi) is 6.13. The highest BCUT2D eigenvalue weighted by Gasteiger charge is 2.52. The summed E-state index contributed by atoms with van der Waals surface area (Å²) in [6.07, 6.45) is 4.64. The van der Waals surface area contributed by atoms with Crippen molar-refractivity contribution in [3.63, 3.8) is 0 Å². The summed E-state index contributed by atoms with van der Waals surface area (Å²) in [4.78, 5) is 28.9. The zero-order chi connectivity index (χ0) is 20.5. The molecule has 1 saturated carbocycles. The van der Waals surface area contributed by atoms with Crippen LogP contribution >= 0.6 is 0 Å². The Labute approximate surface area is 169 Å². The maximum atomic E-state index is 13.1. The van der Waals surface area contributed by atoms with E-state index in [2.05, 4.69) is 20.8 Å². The normalized spacial score (nSPS) is 22.5. The first-order valence-electron chi connectivity index (χ1n) is 10.6. The smallest absolute Gasteiger partial charge is 0.253 e. The van der Waals surface area contributed by atoms with Gasteiger partial charge in [0.15, 0.2) is 0 Å². The van der Waals surface area contributed by atoms with Gasteiger partial charge in [0.2, 0.25) is 5.91 Å². The largest absolute Gasteiger partial charge is 0.378 e. The third-order valence-electron chi connectivity index (χ3n) is 6.56. The second-order valence-corrected chi connectivity index (χ2v) is 8.69. The maximum Gasteiger partial charge on any atom is 0.253 e. The van der Waals surface area contributed by atoms with Crippen LogP contribution in [0.4, 0.5) is 5.69 Å². The number of benzene rings is 1. The SMILES string of the molecule is CCCCO[C@H]1C[C@@H](N(C)C(=O)c2ccc3c(c2)CCN3C(=O)CC)C1(C)C. The highest BCUT2D eigenvalue weighted by Crippen LogP contribution is 2.46. The Morgan fingerprint density at radius 1 is 1.29 bits per heavy atom. The van der Waals surface area contributed by atoms with E-state index < -0.39 is 0 Å². The molecule has 3 rings (SSSR count). The molecule has 1 aliphatic heterocycles. The summed E-state index contributed by atoms with van der Waals surface area (Å²) >= 11 is 0. The number of hydrogen-bond donors (Lipinski definition) is 0. The molecule has 0 N–H and O–H groups in total. The van der Waals surface area contributed by atoms with E-state index in [9.17, 15) is 9.59 Å². The van der Waals surface area contributed by atoms with Crippen molar-refractivity contribution in [2.75, 3.05) is 25.1 Å². The van der Waals surface area contributed by atoms with Crippen LogP contribution in [0, 0.1) is 5.41 Å². The topological polar surface area (TPSA) is 49.9 Å². The minimum Gasteiger partial charge on any atom is -0.378 e. The monoisotopic (exact) mass is 386 g/mol. The van der Waals surface area contributed by atoms with Crippen molar-refractivity contribution in [3.8, 4) is 0 Å². The maximum absolute atomic E-state index is 13.1. The van der Waals surface area contributed by atoms with Crippen LogP contribution in [-0.2, 0) is 16.0 Å². The van der Waals surface area contributed by atoms with Gasteiger partial charge in [-0.1, -0.05) is 34.1 Å². The molecule has 5 heteroatoms. The number of ether oxygens (including phenoxy) is 1. The summed E-state index contributed by atoms with van der Waals surface area (Å²) in [6, 6.07) is 5.94. The molecule has 2 atom stereocenters. The molecule has 2 aliphatic rings. The number of unbranched alkanes of at least 4 members (excludes halogenated alkanes) is 1. The molecule has 0 radical (unpaired) electrons. The van der Waals surface area contributed by atoms with E-state index in [0.717, 1.165) is 43.5 Å². The summed E-state index contributed by atoms with van der Waals surface area (Å²) in [5.74, 6) is 0.188. The van der Waals surface area contributed by atoms with Crippen LogP contribution in [-0.4, -0.2) is 49.1 Å². The van der Waals surface area contributed by atoms with Gasteiger partial charge in [-0.15, -0.1) is 0 Å². The zero-order valence-electron chi connectivity index (χ0n) is 18.0. The molecule has 1 fully saturated rings. The Balaban J connectivity index is 1.67. The fraction of sp³-hybridized carbons (Fsp3) is 0.652. The van der Waals surface area contributed by atoms with Crippen LogP contribution in [0.15, 0.2) is 18.2 Å². The van der Waals surface area contributed by atoms with Crippen molar-refractivity contribution < 1.29 is 14.3 Å². The summed E-state index contributed by atoms with van der Waals surface area (Å²) in [5, 5.41) is 0. The summed E-state index contributed by atoms with van der Waals surface area (Å²) in [7, 11) is 1.90. The standard InChI is InChI=1S/C23H34N2O3/c1-6-8-13-28-20-15-19(23(20,3)4)24(5)22(27)17-9-10-18-16(14-17)11-12-25(18)21(26)7-2/h9-10,14,19-20H,6-8,11-13,15H2,1-5H3/t19-,20+/m1/s1. The third kappa shape index (κ3) is 3.69. The molecule has 28 heavy (non-hydrogen) atoms. The molecule has 5 nitrogen and oxygen atoms in total. The van der Waals surface area contributed by atoms with Crippen LogP contribution < -0.4 is 4.90 Å². The lowest BCUT2D eigenvalue weighted by Crippen LogP contribution is -2.62. The summed E-state index contributed by atoms with van der Waals surface area (Å²) in [6.45, 7) is 9.94. The fourth-order valence-corrected chi connectivity index (χ4v) is 4.50. The zero-order valence-corrected chi connectivity index (χ0v) is 18.0. The van der Waals surface area contributed by atoms with E-state index in [-0.39, 0.29) is 29.4 Å². The van der Waals surface area contributed by atoms with Crippen molar-refractivity contribution in [1.82, 2.24) is 4.90 Å². The van der Waals surface area contributed by atoms with Gasteiger partial charge in [-0.05, 0) is 43.0 Å². The molecule has 0 saturated heterocycles. The van der Waals surface area contributed by atoms with Gasteiger partial charge in [-0.3, -0.25) is 9.59 Å². The van der Waals surface area contributed by atoms with Crippen LogP contribution in [0.2, 0.25) is 0 Å². The first kappa shape index (κ1) is 20.8. The van der Waals surface area contributed by atoms with Crippen LogP contribution in [0.5, 0.6) is 0 Å². The quantitative estimate of drug-likeness (QED) is 0.665. The lowest BCUT2D eigenvalue weighted by molar-refractivity contribution is -0.140. The van der Waals surface area contributed by atoms with E-state index in [0.29, 0.717) is 18.5 Å². The Morgan fingerprint density at radius 3 is 2.68 bits per heavy atom. The van der Waals surface area contributed by atoms with Crippen LogP contribution in [0.3, 0.4) is 0 Å².